The molecular formula is C24H20N4O3. The van der Waals surface area contributed by atoms with Crippen LogP contribution in [0.5, 0.6) is 0 Å². The third kappa shape index (κ3) is 3.29. The van der Waals surface area contributed by atoms with Gasteiger partial charge in [0.05, 0.1) is 24.0 Å². The van der Waals surface area contributed by atoms with E-state index in [4.69, 9.17) is 4.99 Å². The summed E-state index contributed by atoms with van der Waals surface area (Å²) in [7, 11) is 0. The molecule has 7 nitrogen and oxygen atoms in total. The quantitative estimate of drug-likeness (QED) is 0.691. The van der Waals surface area contributed by atoms with Gasteiger partial charge in [0, 0.05) is 34.6 Å². The van der Waals surface area contributed by atoms with Crippen molar-refractivity contribution in [1.29, 1.82) is 0 Å². The van der Waals surface area contributed by atoms with Gasteiger partial charge in [-0.1, -0.05) is 36.4 Å². The fraction of sp³-hybridized carbons (Fsp3) is 0.167. The SMILES string of the molecule is Cc1cc2c3c(c1)[C@H](O)CN3C(=O)[C@H](NC(=O)c1ccncc1)N=C2c1ccccc1. The Morgan fingerprint density at radius 1 is 1.13 bits per heavy atom. The van der Waals surface area contributed by atoms with Crippen LogP contribution in [-0.2, 0) is 4.79 Å². The Morgan fingerprint density at radius 2 is 1.87 bits per heavy atom. The van der Waals surface area contributed by atoms with E-state index >= 15 is 0 Å². The fourth-order valence-corrected chi connectivity index (χ4v) is 4.14. The van der Waals surface area contributed by atoms with Crippen molar-refractivity contribution in [2.24, 2.45) is 4.99 Å². The summed E-state index contributed by atoms with van der Waals surface area (Å²) < 4.78 is 0. The van der Waals surface area contributed by atoms with Crippen LogP contribution in [0.15, 0.2) is 72.0 Å². The monoisotopic (exact) mass is 412 g/mol. The van der Waals surface area contributed by atoms with E-state index in [9.17, 15) is 14.7 Å². The summed E-state index contributed by atoms with van der Waals surface area (Å²) in [5.74, 6) is -0.796. The Labute approximate surface area is 179 Å². The predicted octanol–water partition coefficient (Wildman–Crippen LogP) is 2.38. The van der Waals surface area contributed by atoms with Crippen LogP contribution < -0.4 is 10.2 Å². The van der Waals surface area contributed by atoms with Gasteiger partial charge in [0.25, 0.3) is 11.8 Å². The van der Waals surface area contributed by atoms with E-state index in [-0.39, 0.29) is 12.5 Å². The molecule has 2 aliphatic heterocycles. The largest absolute Gasteiger partial charge is 0.386 e. The zero-order valence-electron chi connectivity index (χ0n) is 16.8. The highest BCUT2D eigenvalue weighted by molar-refractivity contribution is 6.21. The molecule has 2 aliphatic rings. The first-order valence-electron chi connectivity index (χ1n) is 10.0. The lowest BCUT2D eigenvalue weighted by atomic mass is 9.95. The topological polar surface area (TPSA) is 94.9 Å². The average molecular weight is 412 g/mol. The number of aliphatic imine (C=N–C) groups is 1. The van der Waals surface area contributed by atoms with Crippen molar-refractivity contribution in [3.63, 3.8) is 0 Å². The van der Waals surface area contributed by atoms with Gasteiger partial charge in [-0.3, -0.25) is 14.6 Å². The van der Waals surface area contributed by atoms with Gasteiger partial charge in [-0.2, -0.15) is 0 Å². The van der Waals surface area contributed by atoms with E-state index in [1.165, 1.54) is 17.3 Å². The second kappa shape index (κ2) is 7.45. The Kier molecular flexibility index (Phi) is 4.60. The number of aromatic nitrogens is 1. The molecule has 1 aromatic heterocycles. The molecule has 2 aromatic carbocycles. The molecule has 0 fully saturated rings. The Morgan fingerprint density at radius 3 is 2.61 bits per heavy atom. The van der Waals surface area contributed by atoms with Crippen LogP contribution in [0.3, 0.4) is 0 Å². The molecule has 2 amide bonds. The number of carbonyl (C=O) groups excluding carboxylic acids is 2. The van der Waals surface area contributed by atoms with Crippen LogP contribution in [0, 0.1) is 6.92 Å². The maximum atomic E-state index is 13.4. The third-order valence-electron chi connectivity index (χ3n) is 5.54. The number of aliphatic hydroxyl groups excluding tert-OH is 1. The number of nitrogens with one attached hydrogen (secondary N) is 1. The number of nitrogens with zero attached hydrogens (tertiary/aromatic N) is 3. The number of benzene rings is 2. The molecule has 2 atom stereocenters. The Hall–Kier alpha value is -3.84. The molecular weight excluding hydrogens is 392 g/mol. The summed E-state index contributed by atoms with van der Waals surface area (Å²) in [4.78, 5) is 36.4. The summed E-state index contributed by atoms with van der Waals surface area (Å²) in [6, 6.07) is 16.6. The number of hydrogen-bond acceptors (Lipinski definition) is 5. The molecule has 0 radical (unpaired) electrons. The van der Waals surface area contributed by atoms with Crippen molar-refractivity contribution in [3.05, 3.63) is 94.8 Å². The molecule has 2 N–H and O–H groups in total. The van der Waals surface area contributed by atoms with Gasteiger partial charge in [-0.25, -0.2) is 4.99 Å². The number of hydrogen-bond donors (Lipinski definition) is 2. The molecule has 154 valence electrons. The summed E-state index contributed by atoms with van der Waals surface area (Å²) in [5, 5.41) is 13.4. The van der Waals surface area contributed by atoms with Crippen LogP contribution in [0.4, 0.5) is 5.69 Å². The van der Waals surface area contributed by atoms with Gasteiger partial charge in [0.1, 0.15) is 0 Å². The number of anilines is 1. The molecule has 0 aliphatic carbocycles. The third-order valence-corrected chi connectivity index (χ3v) is 5.54. The average Bonchev–Trinajstić information content (AvgIpc) is 3.07. The first-order chi connectivity index (χ1) is 15.0. The van der Waals surface area contributed by atoms with E-state index in [1.54, 1.807) is 12.1 Å². The molecule has 0 saturated carbocycles. The minimum Gasteiger partial charge on any atom is -0.386 e. The number of carbonyl (C=O) groups is 2. The first-order valence-corrected chi connectivity index (χ1v) is 10.0. The molecule has 5 rings (SSSR count). The fourth-order valence-electron chi connectivity index (χ4n) is 4.14. The van der Waals surface area contributed by atoms with Gasteiger partial charge < -0.3 is 15.3 Å². The molecule has 0 saturated heterocycles. The van der Waals surface area contributed by atoms with Crippen LogP contribution in [0.1, 0.15) is 38.7 Å². The maximum Gasteiger partial charge on any atom is 0.272 e. The minimum atomic E-state index is -1.12. The summed E-state index contributed by atoms with van der Waals surface area (Å²) in [6.45, 7) is 2.08. The first kappa shape index (κ1) is 19.1. The summed E-state index contributed by atoms with van der Waals surface area (Å²) >= 11 is 0. The smallest absolute Gasteiger partial charge is 0.272 e. The van der Waals surface area contributed by atoms with Crippen molar-refractivity contribution < 1.29 is 14.7 Å². The lowest BCUT2D eigenvalue weighted by molar-refractivity contribution is -0.120. The van der Waals surface area contributed by atoms with E-state index < -0.39 is 18.2 Å². The predicted molar refractivity (Wildman–Crippen MR) is 116 cm³/mol. The zero-order chi connectivity index (χ0) is 21.5. The van der Waals surface area contributed by atoms with Crippen molar-refractivity contribution >= 4 is 23.2 Å². The lowest BCUT2D eigenvalue weighted by Gasteiger charge is -2.21. The van der Waals surface area contributed by atoms with Gasteiger partial charge in [0.2, 0.25) is 6.17 Å². The van der Waals surface area contributed by atoms with Crippen molar-refractivity contribution in [2.45, 2.75) is 19.2 Å². The molecule has 0 spiro atoms. The molecule has 3 heterocycles. The minimum absolute atomic E-state index is 0.129. The molecule has 0 unspecified atom stereocenters. The normalized spacial score (nSPS) is 19.5. The summed E-state index contributed by atoms with van der Waals surface area (Å²) in [6.07, 6.45) is 1.13. The number of aliphatic hydroxyl groups is 1. The van der Waals surface area contributed by atoms with Crippen LogP contribution >= 0.6 is 0 Å². The van der Waals surface area contributed by atoms with Crippen LogP contribution in [0.2, 0.25) is 0 Å². The molecule has 3 aromatic rings. The number of amides is 2. The zero-order valence-corrected chi connectivity index (χ0v) is 16.8. The highest BCUT2D eigenvalue weighted by atomic mass is 16.3. The van der Waals surface area contributed by atoms with Gasteiger partial charge in [-0.05, 0) is 30.7 Å². The molecule has 31 heavy (non-hydrogen) atoms. The van der Waals surface area contributed by atoms with Crippen molar-refractivity contribution in [3.8, 4) is 0 Å². The van der Waals surface area contributed by atoms with Gasteiger partial charge in [-0.15, -0.1) is 0 Å². The van der Waals surface area contributed by atoms with E-state index in [0.29, 0.717) is 22.5 Å². The Balaban J connectivity index is 1.66. The standard InChI is InChI=1S/C24H20N4O3/c1-14-11-17-19(29)13-28-21(17)18(12-14)20(15-5-3-2-4-6-15)26-22(24(28)31)27-23(30)16-7-9-25-10-8-16/h2-12,19,22,29H,13H2,1H3,(H,27,30)/t19-,22+/m1/s1. The highest BCUT2D eigenvalue weighted by Crippen LogP contribution is 2.41. The van der Waals surface area contributed by atoms with Crippen LogP contribution in [0.25, 0.3) is 0 Å². The van der Waals surface area contributed by atoms with E-state index in [1.807, 2.05) is 49.4 Å². The van der Waals surface area contributed by atoms with Crippen molar-refractivity contribution in [2.75, 3.05) is 11.4 Å². The second-order valence-electron chi connectivity index (χ2n) is 7.67. The van der Waals surface area contributed by atoms with Gasteiger partial charge >= 0.3 is 0 Å². The van der Waals surface area contributed by atoms with E-state index in [0.717, 1.165) is 16.7 Å². The molecule has 7 heteroatoms. The maximum absolute atomic E-state index is 13.4. The number of rotatable bonds is 3. The lowest BCUT2D eigenvalue weighted by Crippen LogP contribution is -2.47. The number of pyridine rings is 1. The Bertz CT molecular complexity index is 1210. The van der Waals surface area contributed by atoms with E-state index in [2.05, 4.69) is 10.3 Å². The number of aryl methyl sites for hydroxylation is 1. The second-order valence-corrected chi connectivity index (χ2v) is 7.67. The van der Waals surface area contributed by atoms with Crippen molar-refractivity contribution in [1.82, 2.24) is 10.3 Å². The highest BCUT2D eigenvalue weighted by Gasteiger charge is 2.40. The molecule has 0 bridgehead atoms. The summed E-state index contributed by atoms with van der Waals surface area (Å²) in [5.41, 5.74) is 4.91. The van der Waals surface area contributed by atoms with Gasteiger partial charge in [0.15, 0.2) is 0 Å². The van der Waals surface area contributed by atoms with Crippen LogP contribution in [-0.4, -0.2) is 40.3 Å².